The Morgan fingerprint density at radius 2 is 1.85 bits per heavy atom. The van der Waals surface area contributed by atoms with Gasteiger partial charge in [-0.1, -0.05) is 18.2 Å². The van der Waals surface area contributed by atoms with Gasteiger partial charge < -0.3 is 16.2 Å². The van der Waals surface area contributed by atoms with Crippen LogP contribution in [0.4, 0.5) is 4.39 Å². The van der Waals surface area contributed by atoms with Crippen molar-refractivity contribution in [2.24, 2.45) is 16.5 Å². The number of hydrogen-bond acceptors (Lipinski definition) is 2. The van der Waals surface area contributed by atoms with Crippen molar-refractivity contribution in [3.8, 4) is 5.75 Å². The Balaban J connectivity index is 2.14. The zero-order valence-electron chi connectivity index (χ0n) is 11.2. The molecule has 0 bridgehead atoms. The minimum absolute atomic E-state index is 0.0849. The molecule has 0 aromatic heterocycles. The summed E-state index contributed by atoms with van der Waals surface area (Å²) < 4.78 is 17.5. The highest BCUT2D eigenvalue weighted by Gasteiger charge is 2.00. The van der Waals surface area contributed by atoms with Gasteiger partial charge in [-0.3, -0.25) is 4.39 Å². The molecule has 0 fully saturated rings. The van der Waals surface area contributed by atoms with Crippen molar-refractivity contribution in [3.63, 3.8) is 0 Å². The molecule has 2 rings (SSSR count). The van der Waals surface area contributed by atoms with E-state index in [2.05, 4.69) is 4.99 Å². The van der Waals surface area contributed by atoms with Gasteiger partial charge in [0.25, 0.3) is 0 Å². The molecule has 20 heavy (non-hydrogen) atoms. The number of benzene rings is 2. The van der Waals surface area contributed by atoms with Crippen molar-refractivity contribution in [2.75, 3.05) is 13.3 Å². The fourth-order valence-electron chi connectivity index (χ4n) is 1.89. The smallest absolute Gasteiger partial charge is 0.186 e. The zero-order valence-corrected chi connectivity index (χ0v) is 11.2. The van der Waals surface area contributed by atoms with Gasteiger partial charge >= 0.3 is 0 Å². The lowest BCUT2D eigenvalue weighted by molar-refractivity contribution is 0.290. The van der Waals surface area contributed by atoms with Crippen molar-refractivity contribution in [2.45, 2.75) is 13.0 Å². The Bertz CT molecular complexity index is 609. The molecule has 0 unspecified atom stereocenters. The number of nitrogens with two attached hydrogens (primary N) is 2. The summed E-state index contributed by atoms with van der Waals surface area (Å²) in [5.41, 5.74) is 11.7. The molecule has 2 aromatic rings. The van der Waals surface area contributed by atoms with Gasteiger partial charge in [-0.05, 0) is 34.5 Å². The monoisotopic (exact) mass is 275 g/mol. The van der Waals surface area contributed by atoms with Crippen LogP contribution in [0.25, 0.3) is 10.8 Å². The van der Waals surface area contributed by atoms with Gasteiger partial charge in [-0.25, -0.2) is 4.99 Å². The minimum atomic E-state index is -0.359. The van der Waals surface area contributed by atoms with E-state index in [0.717, 1.165) is 22.1 Å². The average Bonchev–Trinajstić information content (AvgIpc) is 2.45. The molecule has 0 aliphatic carbocycles. The number of guanidine groups is 1. The lowest BCUT2D eigenvalue weighted by Crippen LogP contribution is -2.22. The highest BCUT2D eigenvalue weighted by atomic mass is 19.1. The van der Waals surface area contributed by atoms with Crippen molar-refractivity contribution in [1.29, 1.82) is 0 Å². The van der Waals surface area contributed by atoms with Crippen LogP contribution in [-0.4, -0.2) is 19.2 Å². The number of nitrogens with zero attached hydrogens (tertiary/aromatic N) is 1. The summed E-state index contributed by atoms with van der Waals surface area (Å²) in [6.45, 7) is 0.499. The van der Waals surface area contributed by atoms with Crippen LogP contribution in [0.1, 0.15) is 12.0 Å². The first kappa shape index (κ1) is 14.1. The fraction of sp³-hybridized carbons (Fsp3) is 0.267. The SMILES string of the molecule is NC(N)=NCc1ccc2cc(OCCCF)ccc2c1. The third kappa shape index (κ3) is 3.85. The Kier molecular flexibility index (Phi) is 4.76. The van der Waals surface area contributed by atoms with Crippen LogP contribution in [0.15, 0.2) is 41.4 Å². The van der Waals surface area contributed by atoms with E-state index in [1.165, 1.54) is 0 Å². The minimum Gasteiger partial charge on any atom is -0.493 e. The second-order valence-electron chi connectivity index (χ2n) is 4.48. The molecule has 0 saturated carbocycles. The zero-order chi connectivity index (χ0) is 14.4. The first-order chi connectivity index (χ1) is 9.69. The number of aliphatic imine (C=N–C) groups is 1. The van der Waals surface area contributed by atoms with Crippen LogP contribution in [0.3, 0.4) is 0 Å². The quantitative estimate of drug-likeness (QED) is 0.483. The van der Waals surface area contributed by atoms with Crippen LogP contribution >= 0.6 is 0 Å². The Morgan fingerprint density at radius 1 is 1.10 bits per heavy atom. The third-order valence-corrected chi connectivity index (χ3v) is 2.87. The van der Waals surface area contributed by atoms with Crippen LogP contribution in [0.5, 0.6) is 5.75 Å². The van der Waals surface area contributed by atoms with Gasteiger partial charge in [0, 0.05) is 6.42 Å². The molecule has 4 nitrogen and oxygen atoms in total. The molecule has 0 atom stereocenters. The van der Waals surface area contributed by atoms with Gasteiger partial charge in [-0.15, -0.1) is 0 Å². The number of alkyl halides is 1. The van der Waals surface area contributed by atoms with Crippen LogP contribution < -0.4 is 16.2 Å². The second-order valence-corrected chi connectivity index (χ2v) is 4.48. The van der Waals surface area contributed by atoms with Gasteiger partial charge in [0.05, 0.1) is 19.8 Å². The molecule has 0 amide bonds. The highest BCUT2D eigenvalue weighted by molar-refractivity contribution is 5.84. The van der Waals surface area contributed by atoms with Crippen molar-refractivity contribution < 1.29 is 9.13 Å². The molecule has 0 aliphatic heterocycles. The van der Waals surface area contributed by atoms with Gasteiger partial charge in [-0.2, -0.15) is 0 Å². The van der Waals surface area contributed by atoms with E-state index in [9.17, 15) is 4.39 Å². The maximum Gasteiger partial charge on any atom is 0.186 e. The summed E-state index contributed by atoms with van der Waals surface area (Å²) in [5.74, 6) is 0.838. The molecule has 0 heterocycles. The largest absolute Gasteiger partial charge is 0.493 e. The van der Waals surface area contributed by atoms with Crippen molar-refractivity contribution >= 4 is 16.7 Å². The van der Waals surface area contributed by atoms with Gasteiger partial charge in [0.15, 0.2) is 5.96 Å². The first-order valence-electron chi connectivity index (χ1n) is 6.46. The average molecular weight is 275 g/mol. The summed E-state index contributed by atoms with van der Waals surface area (Å²) >= 11 is 0. The summed E-state index contributed by atoms with van der Waals surface area (Å²) in [5, 5.41) is 2.15. The fourth-order valence-corrected chi connectivity index (χ4v) is 1.89. The Labute approximate surface area is 117 Å². The highest BCUT2D eigenvalue weighted by Crippen LogP contribution is 2.22. The molecule has 5 heteroatoms. The van der Waals surface area contributed by atoms with E-state index in [-0.39, 0.29) is 12.6 Å². The van der Waals surface area contributed by atoms with Gasteiger partial charge in [0.1, 0.15) is 5.75 Å². The number of hydrogen-bond donors (Lipinski definition) is 2. The third-order valence-electron chi connectivity index (χ3n) is 2.87. The Morgan fingerprint density at radius 3 is 2.60 bits per heavy atom. The second kappa shape index (κ2) is 6.75. The molecule has 4 N–H and O–H groups in total. The van der Waals surface area contributed by atoms with Crippen LogP contribution in [-0.2, 0) is 6.54 Å². The van der Waals surface area contributed by atoms with E-state index in [0.29, 0.717) is 19.6 Å². The number of fused-ring (bicyclic) bond motifs is 1. The molecular formula is C15H18FN3O. The van der Waals surface area contributed by atoms with E-state index in [4.69, 9.17) is 16.2 Å². The molecule has 2 aromatic carbocycles. The lowest BCUT2D eigenvalue weighted by Gasteiger charge is -2.07. The molecule has 0 radical (unpaired) electrons. The van der Waals surface area contributed by atoms with E-state index in [1.807, 2.05) is 36.4 Å². The summed E-state index contributed by atoms with van der Waals surface area (Å²) in [7, 11) is 0. The van der Waals surface area contributed by atoms with E-state index in [1.54, 1.807) is 0 Å². The maximum absolute atomic E-state index is 12.0. The predicted octanol–water partition coefficient (Wildman–Crippen LogP) is 2.35. The summed E-state index contributed by atoms with van der Waals surface area (Å²) in [6.07, 6.45) is 0.412. The van der Waals surface area contributed by atoms with Crippen LogP contribution in [0, 0.1) is 0 Å². The van der Waals surface area contributed by atoms with Crippen molar-refractivity contribution in [1.82, 2.24) is 0 Å². The normalized spacial score (nSPS) is 10.4. The number of ether oxygens (including phenoxy) is 1. The van der Waals surface area contributed by atoms with Gasteiger partial charge in [0.2, 0.25) is 0 Å². The predicted molar refractivity (Wildman–Crippen MR) is 79.5 cm³/mol. The molecule has 106 valence electrons. The number of halogens is 1. The summed E-state index contributed by atoms with van der Waals surface area (Å²) in [6, 6.07) is 11.8. The Hall–Kier alpha value is -2.30. The first-order valence-corrected chi connectivity index (χ1v) is 6.46. The summed E-state index contributed by atoms with van der Waals surface area (Å²) in [4.78, 5) is 3.98. The van der Waals surface area contributed by atoms with E-state index < -0.39 is 0 Å². The molecule has 0 aliphatic rings. The molecular weight excluding hydrogens is 257 g/mol. The molecule has 0 spiro atoms. The number of rotatable bonds is 6. The van der Waals surface area contributed by atoms with Crippen LogP contribution in [0.2, 0.25) is 0 Å². The van der Waals surface area contributed by atoms with E-state index >= 15 is 0 Å². The van der Waals surface area contributed by atoms with Crippen molar-refractivity contribution in [3.05, 3.63) is 42.0 Å². The lowest BCUT2D eigenvalue weighted by atomic mass is 10.1. The molecule has 0 saturated heterocycles. The topological polar surface area (TPSA) is 73.6 Å². The maximum atomic E-state index is 12.0. The standard InChI is InChI=1S/C15H18FN3O/c16-6-1-7-20-14-5-4-12-8-11(10-19-15(17)18)2-3-13(12)9-14/h2-5,8-9H,1,6-7,10H2,(H4,17,18,19).